The lowest BCUT2D eigenvalue weighted by Gasteiger charge is -2.17. The van der Waals surface area contributed by atoms with Crippen molar-refractivity contribution in [3.63, 3.8) is 0 Å². The molecule has 0 saturated heterocycles. The average Bonchev–Trinajstić information content (AvgIpc) is 2.63. The third-order valence-corrected chi connectivity index (χ3v) is 5.15. The molecule has 102 valence electrons. The monoisotopic (exact) mass is 300 g/mol. The molecule has 0 aliphatic carbocycles. The number of hydrogen-bond donors (Lipinski definition) is 0. The van der Waals surface area contributed by atoms with Crippen LogP contribution in [0, 0.1) is 6.92 Å². The summed E-state index contributed by atoms with van der Waals surface area (Å²) in [5, 5.41) is 4.10. The Bertz CT molecular complexity index is 697. The number of anilines is 1. The van der Waals surface area contributed by atoms with E-state index in [4.69, 9.17) is 11.6 Å². The Kier molecular flexibility index (Phi) is 3.51. The highest BCUT2D eigenvalue weighted by Crippen LogP contribution is 2.28. The van der Waals surface area contributed by atoms with Gasteiger partial charge in [-0.15, -0.1) is 0 Å². The van der Waals surface area contributed by atoms with Gasteiger partial charge in [-0.1, -0.05) is 17.7 Å². The molecule has 0 aromatic carbocycles. The van der Waals surface area contributed by atoms with Crippen molar-refractivity contribution in [3.8, 4) is 0 Å². The van der Waals surface area contributed by atoms with Crippen molar-refractivity contribution in [2.75, 3.05) is 11.4 Å². The van der Waals surface area contributed by atoms with Crippen LogP contribution in [0.25, 0.3) is 0 Å². The fourth-order valence-electron chi connectivity index (χ4n) is 1.70. The van der Waals surface area contributed by atoms with Crippen LogP contribution in [0.1, 0.15) is 5.69 Å². The molecule has 0 radical (unpaired) electrons. The van der Waals surface area contributed by atoms with Crippen molar-refractivity contribution < 1.29 is 8.42 Å². The largest absolute Gasteiger partial charge is 0.270 e. The van der Waals surface area contributed by atoms with Crippen LogP contribution in [0.2, 0.25) is 5.15 Å². The van der Waals surface area contributed by atoms with Crippen molar-refractivity contribution in [2.45, 2.75) is 11.8 Å². The molecule has 0 spiro atoms. The quantitative estimate of drug-likeness (QED) is 0.863. The van der Waals surface area contributed by atoms with Crippen molar-refractivity contribution in [1.82, 2.24) is 14.8 Å². The second-order valence-corrected chi connectivity index (χ2v) is 6.25. The van der Waals surface area contributed by atoms with Gasteiger partial charge in [-0.2, -0.15) is 5.10 Å². The van der Waals surface area contributed by atoms with Crippen molar-refractivity contribution in [2.24, 2.45) is 7.05 Å². The van der Waals surface area contributed by atoms with E-state index in [-0.39, 0.29) is 10.0 Å². The summed E-state index contributed by atoms with van der Waals surface area (Å²) < 4.78 is 27.5. The Morgan fingerprint density at radius 1 is 1.37 bits per heavy atom. The minimum absolute atomic E-state index is 0.00446. The first-order chi connectivity index (χ1) is 8.85. The molecule has 0 fully saturated rings. The smallest absolute Gasteiger partial charge is 0.255 e. The maximum Gasteiger partial charge on any atom is 0.270 e. The van der Waals surface area contributed by atoms with E-state index in [1.54, 1.807) is 32.2 Å². The molecule has 2 rings (SSSR count). The van der Waals surface area contributed by atoms with Gasteiger partial charge >= 0.3 is 0 Å². The van der Waals surface area contributed by atoms with Crippen molar-refractivity contribution in [1.29, 1.82) is 0 Å². The van der Waals surface area contributed by atoms with Crippen LogP contribution in [0.15, 0.2) is 29.3 Å². The van der Waals surface area contributed by atoms with E-state index >= 15 is 0 Å². The van der Waals surface area contributed by atoms with Gasteiger partial charge in [0.2, 0.25) is 0 Å². The first-order valence-electron chi connectivity index (χ1n) is 5.44. The first-order valence-corrected chi connectivity index (χ1v) is 7.26. The van der Waals surface area contributed by atoms with Crippen LogP contribution in [-0.4, -0.2) is 30.2 Å². The lowest BCUT2D eigenvalue weighted by molar-refractivity contribution is 0.593. The molecule has 0 aliphatic rings. The van der Waals surface area contributed by atoms with Crippen LogP contribution in [0.4, 0.5) is 5.82 Å². The summed E-state index contributed by atoms with van der Waals surface area (Å²) in [6.07, 6.45) is 1.53. The molecule has 2 aromatic heterocycles. The highest BCUT2D eigenvalue weighted by atomic mass is 35.5. The van der Waals surface area contributed by atoms with Gasteiger partial charge in [0.1, 0.15) is 15.9 Å². The topological polar surface area (TPSA) is 68.1 Å². The van der Waals surface area contributed by atoms with E-state index in [0.717, 1.165) is 4.31 Å². The molecule has 2 heterocycles. The molecule has 0 saturated carbocycles. The third-order valence-electron chi connectivity index (χ3n) is 2.69. The predicted molar refractivity (Wildman–Crippen MR) is 72.8 cm³/mol. The maximum absolute atomic E-state index is 12.5. The lowest BCUT2D eigenvalue weighted by atomic mass is 10.5. The zero-order chi connectivity index (χ0) is 14.2. The standard InChI is InChI=1S/C11H13ClN4O2S/c1-8-10(11(12)15(2)14-8)19(17,18)16(3)9-6-4-5-7-13-9/h4-7H,1-3H3. The number of nitrogens with zero attached hydrogens (tertiary/aromatic N) is 4. The zero-order valence-corrected chi connectivity index (χ0v) is 12.3. The number of pyridine rings is 1. The van der Waals surface area contributed by atoms with Crippen LogP contribution < -0.4 is 4.31 Å². The second kappa shape index (κ2) is 4.82. The number of rotatable bonds is 3. The number of sulfonamides is 1. The summed E-state index contributed by atoms with van der Waals surface area (Å²) in [5.41, 5.74) is 0.357. The van der Waals surface area contributed by atoms with Gasteiger partial charge in [0.05, 0.1) is 5.69 Å². The molecule has 0 atom stereocenters. The molecule has 2 aromatic rings. The normalized spacial score (nSPS) is 11.6. The summed E-state index contributed by atoms with van der Waals surface area (Å²) in [6, 6.07) is 5.04. The summed E-state index contributed by atoms with van der Waals surface area (Å²) in [5.74, 6) is 0.321. The van der Waals surface area contributed by atoms with Crippen molar-refractivity contribution in [3.05, 3.63) is 35.2 Å². The van der Waals surface area contributed by atoms with E-state index in [9.17, 15) is 8.42 Å². The summed E-state index contributed by atoms with van der Waals surface area (Å²) in [7, 11) is -0.754. The minimum Gasteiger partial charge on any atom is -0.255 e. The Morgan fingerprint density at radius 2 is 2.05 bits per heavy atom. The van der Waals surface area contributed by atoms with Gasteiger partial charge in [-0.3, -0.25) is 8.99 Å². The second-order valence-electron chi connectivity index (χ2n) is 3.99. The number of aryl methyl sites for hydroxylation is 2. The van der Waals surface area contributed by atoms with Crippen LogP contribution in [0.5, 0.6) is 0 Å². The van der Waals surface area contributed by atoms with E-state index in [1.165, 1.54) is 17.9 Å². The molecular formula is C11H13ClN4O2S. The Balaban J connectivity index is 2.55. The minimum atomic E-state index is -3.78. The van der Waals surface area contributed by atoms with Gasteiger partial charge in [0, 0.05) is 20.3 Å². The summed E-state index contributed by atoms with van der Waals surface area (Å²) in [6.45, 7) is 1.60. The number of hydrogen-bond acceptors (Lipinski definition) is 4. The first kappa shape index (κ1) is 13.8. The summed E-state index contributed by atoms with van der Waals surface area (Å²) in [4.78, 5) is 4.02. The fraction of sp³-hybridized carbons (Fsp3) is 0.273. The van der Waals surface area contributed by atoms with Crippen LogP contribution >= 0.6 is 11.6 Å². The SMILES string of the molecule is Cc1nn(C)c(Cl)c1S(=O)(=O)N(C)c1ccccn1. The predicted octanol–water partition coefficient (Wildman–Crippen LogP) is 1.60. The fourth-order valence-corrected chi connectivity index (χ4v) is 3.56. The molecule has 0 amide bonds. The maximum atomic E-state index is 12.5. The zero-order valence-electron chi connectivity index (χ0n) is 10.7. The molecule has 6 nitrogen and oxygen atoms in total. The number of aromatic nitrogens is 3. The molecule has 0 N–H and O–H groups in total. The Morgan fingerprint density at radius 3 is 2.53 bits per heavy atom. The van der Waals surface area contributed by atoms with Crippen LogP contribution in [-0.2, 0) is 17.1 Å². The van der Waals surface area contributed by atoms with E-state index in [2.05, 4.69) is 10.1 Å². The number of halogens is 1. The van der Waals surface area contributed by atoms with Gasteiger partial charge in [0.25, 0.3) is 10.0 Å². The molecule has 8 heteroatoms. The van der Waals surface area contributed by atoms with Gasteiger partial charge in [-0.25, -0.2) is 13.4 Å². The van der Waals surface area contributed by atoms with Gasteiger partial charge < -0.3 is 0 Å². The summed E-state index contributed by atoms with van der Waals surface area (Å²) >= 11 is 6.00. The van der Waals surface area contributed by atoms with E-state index in [0.29, 0.717) is 11.5 Å². The Hall–Kier alpha value is -1.60. The Labute approximate surface area is 116 Å². The molecule has 0 bridgehead atoms. The molecule has 0 aliphatic heterocycles. The van der Waals surface area contributed by atoms with Gasteiger partial charge in [0.15, 0.2) is 0 Å². The molecular weight excluding hydrogens is 288 g/mol. The van der Waals surface area contributed by atoms with E-state index < -0.39 is 10.0 Å². The highest BCUT2D eigenvalue weighted by molar-refractivity contribution is 7.93. The molecule has 0 unspecified atom stereocenters. The van der Waals surface area contributed by atoms with Gasteiger partial charge in [-0.05, 0) is 19.1 Å². The lowest BCUT2D eigenvalue weighted by Crippen LogP contribution is -2.27. The highest BCUT2D eigenvalue weighted by Gasteiger charge is 2.30. The third kappa shape index (κ3) is 2.31. The van der Waals surface area contributed by atoms with Crippen LogP contribution in [0.3, 0.4) is 0 Å². The van der Waals surface area contributed by atoms with E-state index in [1.807, 2.05) is 0 Å². The molecule has 19 heavy (non-hydrogen) atoms. The average molecular weight is 301 g/mol. The van der Waals surface area contributed by atoms with Crippen molar-refractivity contribution >= 4 is 27.4 Å².